The Morgan fingerprint density at radius 2 is 2.09 bits per heavy atom. The van der Waals surface area contributed by atoms with Crippen LogP contribution in [0.5, 0.6) is 0 Å². The lowest BCUT2D eigenvalue weighted by Crippen LogP contribution is -1.89. The second-order valence-corrected chi connectivity index (χ2v) is 4.08. The minimum absolute atomic E-state index is 0.00407. The highest BCUT2D eigenvalue weighted by Gasteiger charge is 2.26. The van der Waals surface area contributed by atoms with E-state index < -0.39 is 0 Å². The van der Waals surface area contributed by atoms with E-state index in [1.54, 1.807) is 0 Å². The summed E-state index contributed by atoms with van der Waals surface area (Å²) < 4.78 is 14.0. The molecule has 1 aliphatic rings. The Morgan fingerprint density at radius 3 is 2.73 bits per heavy atom. The molecule has 1 aliphatic carbocycles. The van der Waals surface area contributed by atoms with Gasteiger partial charge in [-0.15, -0.1) is 0 Å². The summed E-state index contributed by atoms with van der Waals surface area (Å²) >= 11 is 2.04. The molecule has 0 radical (unpaired) electrons. The second kappa shape index (κ2) is 2.73. The van der Waals surface area contributed by atoms with Crippen LogP contribution in [-0.4, -0.2) is 0 Å². The summed E-state index contributed by atoms with van der Waals surface area (Å²) in [5.41, 5.74) is 0.914. The number of rotatable bonds is 1. The largest absolute Gasteiger partial charge is 0.206 e. The van der Waals surface area contributed by atoms with E-state index in [0.717, 1.165) is 22.0 Å². The first kappa shape index (κ1) is 7.53. The van der Waals surface area contributed by atoms with Gasteiger partial charge in [0, 0.05) is 3.57 Å². The Labute approximate surface area is 78.9 Å². The Morgan fingerprint density at radius 1 is 1.36 bits per heavy atom. The predicted molar refractivity (Wildman–Crippen MR) is 51.1 cm³/mol. The van der Waals surface area contributed by atoms with Crippen LogP contribution in [0.15, 0.2) is 18.2 Å². The highest BCUT2D eigenvalue weighted by atomic mass is 127. The first-order valence-electron chi connectivity index (χ1n) is 3.73. The molecule has 11 heavy (non-hydrogen) atoms. The molecule has 0 nitrogen and oxygen atoms in total. The Bertz CT molecular complexity index is 279. The standard InChI is InChI=1S/C9H8FI/c10-9-7(6-4-5-6)2-1-3-8(9)11/h1-3,6H,4-5H2. The van der Waals surface area contributed by atoms with Crippen LogP contribution in [0.2, 0.25) is 0 Å². The van der Waals surface area contributed by atoms with Gasteiger partial charge in [-0.1, -0.05) is 12.1 Å². The van der Waals surface area contributed by atoms with Crippen LogP contribution in [0, 0.1) is 9.39 Å². The monoisotopic (exact) mass is 262 g/mol. The van der Waals surface area contributed by atoms with Gasteiger partial charge in [-0.3, -0.25) is 0 Å². The van der Waals surface area contributed by atoms with Crippen LogP contribution in [0.1, 0.15) is 24.3 Å². The number of benzene rings is 1. The normalized spacial score (nSPS) is 16.9. The fourth-order valence-corrected chi connectivity index (χ4v) is 1.75. The van der Waals surface area contributed by atoms with Crippen LogP contribution < -0.4 is 0 Å². The lowest BCUT2D eigenvalue weighted by atomic mass is 10.1. The highest BCUT2D eigenvalue weighted by molar-refractivity contribution is 14.1. The van der Waals surface area contributed by atoms with E-state index in [1.807, 2.05) is 40.8 Å². The van der Waals surface area contributed by atoms with Gasteiger partial charge < -0.3 is 0 Å². The topological polar surface area (TPSA) is 0 Å². The first-order chi connectivity index (χ1) is 5.29. The fourth-order valence-electron chi connectivity index (χ4n) is 1.23. The van der Waals surface area contributed by atoms with Crippen molar-refractivity contribution in [1.82, 2.24) is 0 Å². The molecule has 2 heteroatoms. The molecule has 1 saturated carbocycles. The van der Waals surface area contributed by atoms with E-state index in [1.165, 1.54) is 0 Å². The van der Waals surface area contributed by atoms with Crippen molar-refractivity contribution in [2.24, 2.45) is 0 Å². The maximum Gasteiger partial charge on any atom is 0.139 e. The van der Waals surface area contributed by atoms with Crippen molar-refractivity contribution in [3.63, 3.8) is 0 Å². The van der Waals surface area contributed by atoms with Crippen LogP contribution in [0.25, 0.3) is 0 Å². The van der Waals surface area contributed by atoms with E-state index in [4.69, 9.17) is 0 Å². The molecule has 1 aromatic carbocycles. The van der Waals surface area contributed by atoms with Crippen LogP contribution >= 0.6 is 22.6 Å². The molecule has 0 amide bonds. The van der Waals surface area contributed by atoms with Gasteiger partial charge in [0.05, 0.1) is 0 Å². The second-order valence-electron chi connectivity index (χ2n) is 2.92. The molecule has 1 fully saturated rings. The Hall–Kier alpha value is -0.120. The van der Waals surface area contributed by atoms with E-state index in [2.05, 4.69) is 0 Å². The maximum atomic E-state index is 13.3. The van der Waals surface area contributed by atoms with Gasteiger partial charge in [-0.2, -0.15) is 0 Å². The van der Waals surface area contributed by atoms with Gasteiger partial charge in [0.15, 0.2) is 0 Å². The molecular formula is C9H8FI. The Kier molecular flexibility index (Phi) is 1.87. The Balaban J connectivity index is 2.45. The number of hydrogen-bond acceptors (Lipinski definition) is 0. The maximum absolute atomic E-state index is 13.3. The molecule has 58 valence electrons. The minimum atomic E-state index is -0.00407. The molecule has 1 aromatic rings. The summed E-state index contributed by atoms with van der Waals surface area (Å²) in [6.07, 6.45) is 2.33. The summed E-state index contributed by atoms with van der Waals surface area (Å²) in [5.74, 6) is 0.514. The van der Waals surface area contributed by atoms with Crippen molar-refractivity contribution in [1.29, 1.82) is 0 Å². The van der Waals surface area contributed by atoms with Crippen LogP contribution in [0.3, 0.4) is 0 Å². The molecule has 0 aliphatic heterocycles. The third-order valence-corrected chi connectivity index (χ3v) is 2.83. The SMILES string of the molecule is Fc1c(I)cccc1C1CC1. The van der Waals surface area contributed by atoms with E-state index >= 15 is 0 Å². The average molecular weight is 262 g/mol. The molecule has 0 bridgehead atoms. The van der Waals surface area contributed by atoms with Gasteiger partial charge in [-0.05, 0) is 53.0 Å². The van der Waals surface area contributed by atoms with Crippen molar-refractivity contribution < 1.29 is 4.39 Å². The lowest BCUT2D eigenvalue weighted by Gasteiger charge is -2.00. The molecule has 0 atom stereocenters. The molecule has 2 rings (SSSR count). The van der Waals surface area contributed by atoms with Crippen molar-refractivity contribution in [2.45, 2.75) is 18.8 Å². The molecular weight excluding hydrogens is 254 g/mol. The van der Waals surface area contributed by atoms with Gasteiger partial charge in [-0.25, -0.2) is 4.39 Å². The molecule has 0 spiro atoms. The van der Waals surface area contributed by atoms with Gasteiger partial charge in [0.2, 0.25) is 0 Å². The third-order valence-electron chi connectivity index (χ3n) is 2.00. The van der Waals surface area contributed by atoms with Gasteiger partial charge in [0.25, 0.3) is 0 Å². The highest BCUT2D eigenvalue weighted by Crippen LogP contribution is 2.41. The zero-order chi connectivity index (χ0) is 7.84. The van der Waals surface area contributed by atoms with Crippen LogP contribution in [-0.2, 0) is 0 Å². The minimum Gasteiger partial charge on any atom is -0.206 e. The predicted octanol–water partition coefficient (Wildman–Crippen LogP) is 3.31. The van der Waals surface area contributed by atoms with Crippen molar-refractivity contribution >= 4 is 22.6 Å². The lowest BCUT2D eigenvalue weighted by molar-refractivity contribution is 0.603. The van der Waals surface area contributed by atoms with E-state index in [0.29, 0.717) is 5.92 Å². The van der Waals surface area contributed by atoms with Crippen LogP contribution in [0.4, 0.5) is 4.39 Å². The first-order valence-corrected chi connectivity index (χ1v) is 4.81. The molecule has 0 heterocycles. The summed E-state index contributed by atoms with van der Waals surface area (Å²) in [5, 5.41) is 0. The number of halogens is 2. The van der Waals surface area contributed by atoms with Crippen molar-refractivity contribution in [2.75, 3.05) is 0 Å². The third kappa shape index (κ3) is 1.41. The van der Waals surface area contributed by atoms with E-state index in [9.17, 15) is 4.39 Å². The van der Waals surface area contributed by atoms with Crippen molar-refractivity contribution in [3.8, 4) is 0 Å². The fraction of sp³-hybridized carbons (Fsp3) is 0.333. The zero-order valence-corrected chi connectivity index (χ0v) is 8.14. The van der Waals surface area contributed by atoms with Crippen molar-refractivity contribution in [3.05, 3.63) is 33.1 Å². The molecule has 0 N–H and O–H groups in total. The average Bonchev–Trinajstić information content (AvgIpc) is 2.77. The summed E-state index contributed by atoms with van der Waals surface area (Å²) in [6, 6.07) is 5.63. The zero-order valence-electron chi connectivity index (χ0n) is 5.98. The quantitative estimate of drug-likeness (QED) is 0.681. The number of hydrogen-bond donors (Lipinski definition) is 0. The summed E-state index contributed by atoms with van der Waals surface area (Å²) in [4.78, 5) is 0. The summed E-state index contributed by atoms with van der Waals surface area (Å²) in [7, 11) is 0. The smallest absolute Gasteiger partial charge is 0.139 e. The molecule has 0 aromatic heterocycles. The van der Waals surface area contributed by atoms with E-state index in [-0.39, 0.29) is 5.82 Å². The van der Waals surface area contributed by atoms with Gasteiger partial charge >= 0.3 is 0 Å². The molecule has 0 unspecified atom stereocenters. The summed E-state index contributed by atoms with van der Waals surface area (Å²) in [6.45, 7) is 0. The molecule has 0 saturated heterocycles. The van der Waals surface area contributed by atoms with Gasteiger partial charge in [0.1, 0.15) is 5.82 Å².